The van der Waals surface area contributed by atoms with Gasteiger partial charge in [0.2, 0.25) is 5.60 Å². The molecule has 0 aliphatic rings. The number of hydrogen-bond acceptors (Lipinski definition) is 6. The third-order valence-corrected chi connectivity index (χ3v) is 4.01. The van der Waals surface area contributed by atoms with Gasteiger partial charge in [-0.25, -0.2) is 0 Å². The second-order valence-corrected chi connectivity index (χ2v) is 6.42. The molecule has 0 aliphatic carbocycles. The summed E-state index contributed by atoms with van der Waals surface area (Å²) in [5.41, 5.74) is -0.553. The number of nitrogens with one attached hydrogen (secondary N) is 1. The fourth-order valence-corrected chi connectivity index (χ4v) is 2.47. The molecule has 1 atom stereocenters. The Morgan fingerprint density at radius 2 is 1.82 bits per heavy atom. The lowest BCUT2D eigenvalue weighted by Gasteiger charge is -2.27. The summed E-state index contributed by atoms with van der Waals surface area (Å²) in [6, 6.07) is 14.6. The molecular formula is C20H16ClN3O4. The Morgan fingerprint density at radius 3 is 2.36 bits per heavy atom. The van der Waals surface area contributed by atoms with Crippen molar-refractivity contribution in [2.24, 2.45) is 0 Å². The molecule has 0 saturated carbocycles. The average Bonchev–Trinajstić information content (AvgIpc) is 2.66. The molecule has 0 bridgehead atoms. The minimum atomic E-state index is -1.62. The van der Waals surface area contributed by atoms with Crippen molar-refractivity contribution in [3.63, 3.8) is 0 Å². The monoisotopic (exact) mass is 397 g/mol. The molecule has 0 aliphatic heterocycles. The van der Waals surface area contributed by atoms with E-state index < -0.39 is 17.5 Å². The van der Waals surface area contributed by atoms with Gasteiger partial charge >= 0.3 is 5.97 Å². The van der Waals surface area contributed by atoms with Gasteiger partial charge in [0.15, 0.2) is 0 Å². The van der Waals surface area contributed by atoms with E-state index in [9.17, 15) is 9.59 Å². The summed E-state index contributed by atoms with van der Waals surface area (Å²) >= 11 is 5.97. The molecule has 0 unspecified atom stereocenters. The van der Waals surface area contributed by atoms with E-state index in [0.717, 1.165) is 0 Å². The molecule has 2 aromatic carbocycles. The lowest BCUT2D eigenvalue weighted by molar-refractivity contribution is -0.165. The van der Waals surface area contributed by atoms with Crippen molar-refractivity contribution in [1.29, 1.82) is 10.5 Å². The first-order chi connectivity index (χ1) is 13.3. The third-order valence-electron chi connectivity index (χ3n) is 3.69. The van der Waals surface area contributed by atoms with Crippen LogP contribution in [-0.2, 0) is 14.3 Å². The molecular weight excluding hydrogens is 382 g/mol. The summed E-state index contributed by atoms with van der Waals surface area (Å²) in [7, 11) is 0. The maximum absolute atomic E-state index is 12.7. The van der Waals surface area contributed by atoms with E-state index in [0.29, 0.717) is 17.0 Å². The van der Waals surface area contributed by atoms with Gasteiger partial charge in [-0.3, -0.25) is 9.59 Å². The number of rotatable bonds is 6. The highest BCUT2D eigenvalue weighted by Crippen LogP contribution is 2.23. The maximum atomic E-state index is 12.7. The van der Waals surface area contributed by atoms with Crippen molar-refractivity contribution in [3.05, 3.63) is 58.6 Å². The predicted molar refractivity (Wildman–Crippen MR) is 102 cm³/mol. The van der Waals surface area contributed by atoms with E-state index in [4.69, 9.17) is 31.6 Å². The topological polar surface area (TPSA) is 112 Å². The number of nitriles is 2. The number of nitrogens with zero attached hydrogens (tertiary/aromatic N) is 2. The van der Waals surface area contributed by atoms with Crippen molar-refractivity contribution < 1.29 is 19.1 Å². The molecule has 142 valence electrons. The van der Waals surface area contributed by atoms with Crippen LogP contribution in [0.4, 0.5) is 5.69 Å². The fraction of sp³-hybridized carbons (Fsp3) is 0.200. The zero-order chi connectivity index (χ0) is 20.7. The van der Waals surface area contributed by atoms with Gasteiger partial charge in [-0.2, -0.15) is 10.5 Å². The van der Waals surface area contributed by atoms with Gasteiger partial charge in [-0.1, -0.05) is 11.6 Å². The quantitative estimate of drug-likeness (QED) is 0.747. The zero-order valence-electron chi connectivity index (χ0n) is 15.2. The second kappa shape index (κ2) is 8.90. The van der Waals surface area contributed by atoms with Crippen LogP contribution < -0.4 is 10.1 Å². The summed E-state index contributed by atoms with van der Waals surface area (Å²) in [4.78, 5) is 24.2. The van der Waals surface area contributed by atoms with Gasteiger partial charge < -0.3 is 14.8 Å². The molecule has 8 heteroatoms. The van der Waals surface area contributed by atoms with Crippen molar-refractivity contribution in [2.75, 3.05) is 11.9 Å². The number of amides is 1. The number of hydrogen-bond donors (Lipinski definition) is 1. The minimum Gasteiger partial charge on any atom is -0.489 e. The van der Waals surface area contributed by atoms with Crippen LogP contribution in [0.25, 0.3) is 0 Å². The van der Waals surface area contributed by atoms with E-state index >= 15 is 0 Å². The van der Waals surface area contributed by atoms with Crippen LogP contribution in [0.2, 0.25) is 5.02 Å². The molecule has 2 aromatic rings. The highest BCUT2D eigenvalue weighted by Gasteiger charge is 2.38. The van der Waals surface area contributed by atoms with Gasteiger partial charge in [0, 0.05) is 12.6 Å². The summed E-state index contributed by atoms with van der Waals surface area (Å²) in [5.74, 6) is -0.873. The fourth-order valence-electron chi connectivity index (χ4n) is 2.25. The minimum absolute atomic E-state index is 0.184. The average molecular weight is 398 g/mol. The first-order valence-electron chi connectivity index (χ1n) is 8.11. The number of carbonyl (C=O) groups excluding carboxylic acids is 2. The standard InChI is InChI=1S/C20H16ClN3O4/c1-13(25)28-20(2,12-27-17-7-3-14(10-22)4-8-17)19(26)24-16-6-5-15(11-23)18(21)9-16/h3-9H,12H2,1-2H3,(H,24,26)/t20-/m0/s1. The SMILES string of the molecule is CC(=O)O[C@@](C)(COc1ccc(C#N)cc1)C(=O)Nc1ccc(C#N)c(Cl)c1. The molecule has 1 N–H and O–H groups in total. The van der Waals surface area contributed by atoms with Crippen molar-refractivity contribution in [2.45, 2.75) is 19.4 Å². The summed E-state index contributed by atoms with van der Waals surface area (Å²) in [6.07, 6.45) is 0. The van der Waals surface area contributed by atoms with Crippen LogP contribution in [0.15, 0.2) is 42.5 Å². The Labute approximate surface area is 167 Å². The van der Waals surface area contributed by atoms with Gasteiger partial charge in [0.25, 0.3) is 5.91 Å². The molecule has 0 fully saturated rings. The molecule has 2 rings (SSSR count). The molecule has 0 heterocycles. The normalized spacial score (nSPS) is 12.0. The summed E-state index contributed by atoms with van der Waals surface area (Å²) in [5, 5.41) is 20.5. The number of ether oxygens (including phenoxy) is 2. The highest BCUT2D eigenvalue weighted by atomic mass is 35.5. The van der Waals surface area contributed by atoms with Gasteiger partial charge in [0.05, 0.1) is 22.2 Å². The van der Waals surface area contributed by atoms with E-state index in [1.165, 1.54) is 32.0 Å². The number of benzene rings is 2. The third kappa shape index (κ3) is 5.23. The van der Waals surface area contributed by atoms with Gasteiger partial charge in [-0.05, 0) is 49.4 Å². The van der Waals surface area contributed by atoms with Crippen LogP contribution in [-0.4, -0.2) is 24.1 Å². The van der Waals surface area contributed by atoms with E-state index in [-0.39, 0.29) is 17.2 Å². The van der Waals surface area contributed by atoms with Crippen LogP contribution in [0.1, 0.15) is 25.0 Å². The molecule has 0 radical (unpaired) electrons. The lowest BCUT2D eigenvalue weighted by atomic mass is 10.1. The molecule has 7 nitrogen and oxygen atoms in total. The molecule has 28 heavy (non-hydrogen) atoms. The van der Waals surface area contributed by atoms with Crippen molar-refractivity contribution in [1.82, 2.24) is 0 Å². The van der Waals surface area contributed by atoms with Crippen LogP contribution in [0.5, 0.6) is 5.75 Å². The largest absolute Gasteiger partial charge is 0.489 e. The smallest absolute Gasteiger partial charge is 0.303 e. The Hall–Kier alpha value is -3.55. The van der Waals surface area contributed by atoms with E-state index in [1.54, 1.807) is 24.3 Å². The molecule has 0 spiro atoms. The van der Waals surface area contributed by atoms with Crippen LogP contribution in [0.3, 0.4) is 0 Å². The number of esters is 1. The highest BCUT2D eigenvalue weighted by molar-refractivity contribution is 6.32. The van der Waals surface area contributed by atoms with Gasteiger partial charge in [0.1, 0.15) is 18.4 Å². The van der Waals surface area contributed by atoms with Crippen molar-refractivity contribution in [3.8, 4) is 17.9 Å². The van der Waals surface area contributed by atoms with Crippen LogP contribution in [0, 0.1) is 22.7 Å². The number of carbonyl (C=O) groups is 2. The Bertz CT molecular complexity index is 976. The molecule has 0 saturated heterocycles. The maximum Gasteiger partial charge on any atom is 0.303 e. The molecule has 1 amide bonds. The lowest BCUT2D eigenvalue weighted by Crippen LogP contribution is -2.48. The predicted octanol–water partition coefficient (Wildman–Crippen LogP) is 3.42. The summed E-state index contributed by atoms with van der Waals surface area (Å²) < 4.78 is 10.8. The molecule has 0 aromatic heterocycles. The van der Waals surface area contributed by atoms with E-state index in [2.05, 4.69) is 5.32 Å². The Kier molecular flexibility index (Phi) is 6.59. The van der Waals surface area contributed by atoms with E-state index in [1.807, 2.05) is 12.1 Å². The number of anilines is 1. The second-order valence-electron chi connectivity index (χ2n) is 6.01. The first-order valence-corrected chi connectivity index (χ1v) is 8.49. The summed E-state index contributed by atoms with van der Waals surface area (Å²) in [6.45, 7) is 2.35. The zero-order valence-corrected chi connectivity index (χ0v) is 15.9. The Morgan fingerprint density at radius 1 is 1.14 bits per heavy atom. The Balaban J connectivity index is 2.16. The van der Waals surface area contributed by atoms with Gasteiger partial charge in [-0.15, -0.1) is 0 Å². The van der Waals surface area contributed by atoms with Crippen molar-refractivity contribution >= 4 is 29.2 Å². The number of halogens is 1. The first kappa shape index (κ1) is 20.8. The van der Waals surface area contributed by atoms with Crippen LogP contribution >= 0.6 is 11.6 Å².